The lowest BCUT2D eigenvalue weighted by Gasteiger charge is -2.04. The van der Waals surface area contributed by atoms with Gasteiger partial charge in [0.25, 0.3) is 0 Å². The van der Waals surface area contributed by atoms with Gasteiger partial charge in [-0.3, -0.25) is 4.79 Å². The van der Waals surface area contributed by atoms with E-state index >= 15 is 0 Å². The minimum atomic E-state index is -0.196. The van der Waals surface area contributed by atoms with E-state index in [9.17, 15) is 4.79 Å². The van der Waals surface area contributed by atoms with E-state index in [-0.39, 0.29) is 19.1 Å². The number of methoxy groups -OCH3 is 1. The van der Waals surface area contributed by atoms with Crippen molar-refractivity contribution in [3.8, 4) is 5.75 Å². The molecule has 1 amide bonds. The number of carbonyl (C=O) groups is 1. The fourth-order valence-electron chi connectivity index (χ4n) is 1.44. The van der Waals surface area contributed by atoms with E-state index in [1.165, 1.54) is 6.08 Å². The number of amides is 1. The molecule has 1 aromatic rings. The monoisotopic (exact) mass is 265 g/mol. The van der Waals surface area contributed by atoms with E-state index < -0.39 is 0 Å². The molecule has 0 spiro atoms. The zero-order valence-corrected chi connectivity index (χ0v) is 11.0. The molecule has 19 heavy (non-hydrogen) atoms. The molecule has 0 atom stereocenters. The standard InChI is InChI=1S/C14H19NO4/c1-18-13-5-3-2-4-12(13)6-7-14(17)15-8-10-19-11-9-16/h2-7,16H,8-11H2,1H3,(H,15,17)/b7-6+. The molecule has 104 valence electrons. The van der Waals surface area contributed by atoms with Crippen LogP contribution in [0.4, 0.5) is 0 Å². The number of ether oxygens (including phenoxy) is 2. The summed E-state index contributed by atoms with van der Waals surface area (Å²) in [4.78, 5) is 11.5. The zero-order chi connectivity index (χ0) is 13.9. The van der Waals surface area contributed by atoms with Crippen LogP contribution in [-0.2, 0) is 9.53 Å². The van der Waals surface area contributed by atoms with Gasteiger partial charge in [0.05, 0.1) is 26.9 Å². The molecule has 0 aliphatic rings. The Morgan fingerprint density at radius 1 is 1.37 bits per heavy atom. The summed E-state index contributed by atoms with van der Waals surface area (Å²) in [6, 6.07) is 7.45. The van der Waals surface area contributed by atoms with Crippen molar-refractivity contribution in [1.82, 2.24) is 5.32 Å². The molecule has 0 radical (unpaired) electrons. The maximum absolute atomic E-state index is 11.5. The molecule has 0 heterocycles. The smallest absolute Gasteiger partial charge is 0.244 e. The van der Waals surface area contributed by atoms with Gasteiger partial charge in [-0.05, 0) is 12.1 Å². The summed E-state index contributed by atoms with van der Waals surface area (Å²) in [7, 11) is 1.59. The molecule has 5 heteroatoms. The quantitative estimate of drug-likeness (QED) is 0.540. The topological polar surface area (TPSA) is 67.8 Å². The van der Waals surface area contributed by atoms with Gasteiger partial charge in [-0.25, -0.2) is 0 Å². The van der Waals surface area contributed by atoms with Crippen molar-refractivity contribution in [1.29, 1.82) is 0 Å². The predicted molar refractivity (Wildman–Crippen MR) is 72.9 cm³/mol. The maximum Gasteiger partial charge on any atom is 0.244 e. The summed E-state index contributed by atoms with van der Waals surface area (Å²) >= 11 is 0. The molecule has 1 aromatic carbocycles. The third-order valence-electron chi connectivity index (χ3n) is 2.33. The van der Waals surface area contributed by atoms with Crippen LogP contribution in [0.1, 0.15) is 5.56 Å². The lowest BCUT2D eigenvalue weighted by Crippen LogP contribution is -2.25. The van der Waals surface area contributed by atoms with Gasteiger partial charge < -0.3 is 19.9 Å². The van der Waals surface area contributed by atoms with E-state index in [0.717, 1.165) is 11.3 Å². The van der Waals surface area contributed by atoms with Gasteiger partial charge in [0.1, 0.15) is 5.75 Å². The van der Waals surface area contributed by atoms with E-state index in [1.54, 1.807) is 13.2 Å². The molecule has 2 N–H and O–H groups in total. The molecule has 0 saturated carbocycles. The molecule has 0 fully saturated rings. The fourth-order valence-corrected chi connectivity index (χ4v) is 1.44. The largest absolute Gasteiger partial charge is 0.496 e. The molecule has 0 bridgehead atoms. The molecule has 0 aliphatic heterocycles. The number of hydrogen-bond acceptors (Lipinski definition) is 4. The number of rotatable bonds is 8. The molecule has 1 rings (SSSR count). The third-order valence-corrected chi connectivity index (χ3v) is 2.33. The van der Waals surface area contributed by atoms with Gasteiger partial charge in [0.2, 0.25) is 5.91 Å². The Kier molecular flexibility index (Phi) is 7.31. The van der Waals surface area contributed by atoms with Crippen molar-refractivity contribution in [2.75, 3.05) is 33.5 Å². The Balaban J connectivity index is 2.37. The van der Waals surface area contributed by atoms with Crippen molar-refractivity contribution < 1.29 is 19.4 Å². The predicted octanol–water partition coefficient (Wildman–Crippen LogP) is 0.833. The van der Waals surface area contributed by atoms with Crippen LogP contribution in [0.3, 0.4) is 0 Å². The lowest BCUT2D eigenvalue weighted by atomic mass is 10.2. The number of aliphatic hydroxyl groups excluding tert-OH is 1. The molecular formula is C14H19NO4. The highest BCUT2D eigenvalue weighted by atomic mass is 16.5. The van der Waals surface area contributed by atoms with E-state index in [4.69, 9.17) is 14.6 Å². The SMILES string of the molecule is COc1ccccc1/C=C/C(=O)NCCOCCO. The number of hydrogen-bond donors (Lipinski definition) is 2. The zero-order valence-electron chi connectivity index (χ0n) is 11.0. The number of aliphatic hydroxyl groups is 1. The third kappa shape index (κ3) is 6.03. The average molecular weight is 265 g/mol. The first-order valence-corrected chi connectivity index (χ1v) is 6.05. The first-order chi connectivity index (χ1) is 9.27. The van der Waals surface area contributed by atoms with Crippen LogP contribution in [0.15, 0.2) is 30.3 Å². The normalized spacial score (nSPS) is 10.6. The minimum Gasteiger partial charge on any atom is -0.496 e. The maximum atomic E-state index is 11.5. The summed E-state index contributed by atoms with van der Waals surface area (Å²) in [5.74, 6) is 0.524. The number of benzene rings is 1. The van der Waals surface area contributed by atoms with Gasteiger partial charge in [0, 0.05) is 18.2 Å². The van der Waals surface area contributed by atoms with Crippen LogP contribution in [0.25, 0.3) is 6.08 Å². The van der Waals surface area contributed by atoms with Gasteiger partial charge in [-0.1, -0.05) is 18.2 Å². The summed E-state index contributed by atoms with van der Waals surface area (Å²) in [5.41, 5.74) is 0.844. The highest BCUT2D eigenvalue weighted by molar-refractivity contribution is 5.92. The summed E-state index contributed by atoms with van der Waals surface area (Å²) in [6.45, 7) is 1.07. The number of nitrogens with one attached hydrogen (secondary N) is 1. The van der Waals surface area contributed by atoms with Crippen molar-refractivity contribution in [2.45, 2.75) is 0 Å². The van der Waals surface area contributed by atoms with Gasteiger partial charge in [-0.2, -0.15) is 0 Å². The lowest BCUT2D eigenvalue weighted by molar-refractivity contribution is -0.116. The van der Waals surface area contributed by atoms with Crippen LogP contribution >= 0.6 is 0 Å². The van der Waals surface area contributed by atoms with Crippen LogP contribution in [0.5, 0.6) is 5.75 Å². The van der Waals surface area contributed by atoms with Gasteiger partial charge in [0.15, 0.2) is 0 Å². The second-order valence-corrected chi connectivity index (χ2v) is 3.70. The highest BCUT2D eigenvalue weighted by Gasteiger charge is 1.99. The number of carbonyl (C=O) groups excluding carboxylic acids is 1. The molecular weight excluding hydrogens is 246 g/mol. The first-order valence-electron chi connectivity index (χ1n) is 6.05. The Morgan fingerprint density at radius 2 is 2.16 bits per heavy atom. The Morgan fingerprint density at radius 3 is 2.89 bits per heavy atom. The van der Waals surface area contributed by atoms with Crippen molar-refractivity contribution >= 4 is 12.0 Å². The first kappa shape index (κ1) is 15.2. The van der Waals surface area contributed by atoms with Crippen LogP contribution in [0.2, 0.25) is 0 Å². The van der Waals surface area contributed by atoms with E-state index in [1.807, 2.05) is 24.3 Å². The second-order valence-electron chi connectivity index (χ2n) is 3.70. The fraction of sp³-hybridized carbons (Fsp3) is 0.357. The molecule has 0 aliphatic carbocycles. The van der Waals surface area contributed by atoms with Gasteiger partial charge in [-0.15, -0.1) is 0 Å². The van der Waals surface area contributed by atoms with E-state index in [0.29, 0.717) is 13.2 Å². The second kappa shape index (κ2) is 9.13. The molecule has 0 saturated heterocycles. The Labute approximate surface area is 112 Å². The van der Waals surface area contributed by atoms with E-state index in [2.05, 4.69) is 5.32 Å². The summed E-state index contributed by atoms with van der Waals surface area (Å²) in [6.07, 6.45) is 3.15. The summed E-state index contributed by atoms with van der Waals surface area (Å²) in [5, 5.41) is 11.2. The van der Waals surface area contributed by atoms with Gasteiger partial charge >= 0.3 is 0 Å². The van der Waals surface area contributed by atoms with Crippen molar-refractivity contribution in [3.63, 3.8) is 0 Å². The minimum absolute atomic E-state index is 0.0123. The van der Waals surface area contributed by atoms with Crippen LogP contribution in [-0.4, -0.2) is 44.5 Å². The molecule has 5 nitrogen and oxygen atoms in total. The van der Waals surface area contributed by atoms with Crippen LogP contribution < -0.4 is 10.1 Å². The number of para-hydroxylation sites is 1. The highest BCUT2D eigenvalue weighted by Crippen LogP contribution is 2.18. The van der Waals surface area contributed by atoms with Crippen molar-refractivity contribution in [2.24, 2.45) is 0 Å². The molecule has 0 unspecified atom stereocenters. The van der Waals surface area contributed by atoms with Crippen molar-refractivity contribution in [3.05, 3.63) is 35.9 Å². The van der Waals surface area contributed by atoms with Crippen LogP contribution in [0, 0.1) is 0 Å². The Hall–Kier alpha value is -1.85. The average Bonchev–Trinajstić information content (AvgIpc) is 2.45. The summed E-state index contributed by atoms with van der Waals surface area (Å²) < 4.78 is 10.2. The molecule has 0 aromatic heterocycles. The Bertz CT molecular complexity index is 418.